The van der Waals surface area contributed by atoms with E-state index in [9.17, 15) is 4.79 Å². The first-order chi connectivity index (χ1) is 12.2. The number of carbonyl (C=O) groups excluding carboxylic acids is 1. The number of nitrogens with zero attached hydrogens (tertiary/aromatic N) is 1. The molecule has 3 N–H and O–H groups in total. The molecule has 3 aliphatic heterocycles. The lowest BCUT2D eigenvalue weighted by atomic mass is 9.90. The lowest BCUT2D eigenvalue weighted by Gasteiger charge is -2.45. The molecule has 0 bridgehead atoms. The quantitative estimate of drug-likeness (QED) is 0.841. The van der Waals surface area contributed by atoms with Gasteiger partial charge < -0.3 is 20.7 Å². The van der Waals surface area contributed by atoms with Crippen molar-refractivity contribution >= 4 is 17.7 Å². The highest BCUT2D eigenvalue weighted by Gasteiger charge is 2.38. The summed E-state index contributed by atoms with van der Waals surface area (Å²) in [7, 11) is 0. The Kier molecular flexibility index (Phi) is 3.12. The molecular weight excluding hydrogens is 314 g/mol. The molecule has 1 amide bonds. The summed E-state index contributed by atoms with van der Waals surface area (Å²) in [4.78, 5) is 14.9. The van der Waals surface area contributed by atoms with Gasteiger partial charge in [-0.3, -0.25) is 4.79 Å². The van der Waals surface area contributed by atoms with Crippen LogP contribution in [0.5, 0.6) is 5.75 Å². The van der Waals surface area contributed by atoms with Crippen LogP contribution in [0.25, 0.3) is 6.08 Å². The number of anilines is 1. The molecule has 2 aromatic carbocycles. The maximum absolute atomic E-state index is 12.7. The van der Waals surface area contributed by atoms with Crippen LogP contribution in [0.1, 0.15) is 33.9 Å². The third-order valence-corrected chi connectivity index (χ3v) is 5.26. The molecule has 2 aromatic rings. The average Bonchev–Trinajstić information content (AvgIpc) is 2.66. The maximum Gasteiger partial charge on any atom is 0.255 e. The molecule has 3 aliphatic rings. The van der Waals surface area contributed by atoms with Crippen molar-refractivity contribution in [2.75, 3.05) is 18.1 Å². The number of rotatable bonds is 1. The fourth-order valence-corrected chi connectivity index (χ4v) is 4.03. The highest BCUT2D eigenvalue weighted by Crippen LogP contribution is 2.40. The minimum atomic E-state index is -0.193. The minimum Gasteiger partial charge on any atom is -0.488 e. The summed E-state index contributed by atoms with van der Waals surface area (Å²) < 4.78 is 5.90. The van der Waals surface area contributed by atoms with Gasteiger partial charge in [-0.1, -0.05) is 30.3 Å². The zero-order valence-corrected chi connectivity index (χ0v) is 13.7. The van der Waals surface area contributed by atoms with Crippen LogP contribution in [0.4, 0.5) is 5.69 Å². The number of para-hydroxylation sites is 2. The van der Waals surface area contributed by atoms with Gasteiger partial charge in [0.15, 0.2) is 0 Å². The van der Waals surface area contributed by atoms with Gasteiger partial charge in [-0.15, -0.1) is 0 Å². The molecule has 0 spiro atoms. The third kappa shape index (κ3) is 2.16. The highest BCUT2D eigenvalue weighted by atomic mass is 16.5. The molecule has 3 heterocycles. The van der Waals surface area contributed by atoms with E-state index >= 15 is 0 Å². The van der Waals surface area contributed by atoms with Crippen LogP contribution in [-0.4, -0.2) is 25.2 Å². The van der Waals surface area contributed by atoms with Crippen LogP contribution < -0.4 is 20.7 Å². The SMILES string of the molecule is NC1CCN2c3c(cccc31)C(=O)NC2C1=Cc2ccccc2OC1. The highest BCUT2D eigenvalue weighted by molar-refractivity contribution is 6.03. The number of amides is 1. The van der Waals surface area contributed by atoms with Crippen molar-refractivity contribution in [3.63, 3.8) is 0 Å². The number of hydrogen-bond acceptors (Lipinski definition) is 4. The number of carbonyl (C=O) groups is 1. The molecule has 5 rings (SSSR count). The lowest BCUT2D eigenvalue weighted by molar-refractivity contribution is 0.0930. The molecule has 2 unspecified atom stereocenters. The second-order valence-corrected chi connectivity index (χ2v) is 6.75. The molecule has 0 radical (unpaired) electrons. The van der Waals surface area contributed by atoms with Crippen molar-refractivity contribution in [2.24, 2.45) is 5.73 Å². The summed E-state index contributed by atoms with van der Waals surface area (Å²) in [6.45, 7) is 1.29. The molecule has 0 aromatic heterocycles. The standard InChI is InChI=1S/C20H19N3O2/c21-16-8-9-23-18-14(16)5-3-6-15(18)20(24)22-19(23)13-10-12-4-1-2-7-17(12)25-11-13/h1-7,10,16,19H,8-9,11,21H2,(H,22,24). The number of nitrogens with two attached hydrogens (primary N) is 1. The molecule has 0 aliphatic carbocycles. The van der Waals surface area contributed by atoms with Crippen LogP contribution in [0, 0.1) is 0 Å². The molecule has 5 nitrogen and oxygen atoms in total. The van der Waals surface area contributed by atoms with E-state index in [0.29, 0.717) is 12.2 Å². The molecule has 0 fully saturated rings. The summed E-state index contributed by atoms with van der Waals surface area (Å²) in [5.74, 6) is 0.835. The predicted molar refractivity (Wildman–Crippen MR) is 96.5 cm³/mol. The molecule has 0 saturated heterocycles. The first-order valence-corrected chi connectivity index (χ1v) is 8.60. The summed E-state index contributed by atoms with van der Waals surface area (Å²) in [6, 6.07) is 13.8. The van der Waals surface area contributed by atoms with Crippen LogP contribution in [0.2, 0.25) is 0 Å². The Bertz CT molecular complexity index is 906. The van der Waals surface area contributed by atoms with Crippen molar-refractivity contribution in [1.82, 2.24) is 5.32 Å². The average molecular weight is 333 g/mol. The Labute approximate surface area is 146 Å². The Morgan fingerprint density at radius 2 is 2.04 bits per heavy atom. The van der Waals surface area contributed by atoms with Crippen LogP contribution in [-0.2, 0) is 0 Å². The van der Waals surface area contributed by atoms with Crippen LogP contribution in [0.15, 0.2) is 48.0 Å². The smallest absolute Gasteiger partial charge is 0.255 e. The molecular formula is C20H19N3O2. The van der Waals surface area contributed by atoms with Crippen molar-refractivity contribution in [1.29, 1.82) is 0 Å². The second kappa shape index (κ2) is 5.36. The van der Waals surface area contributed by atoms with Gasteiger partial charge in [0.05, 0.1) is 11.3 Å². The third-order valence-electron chi connectivity index (χ3n) is 5.26. The van der Waals surface area contributed by atoms with Gasteiger partial charge in [0, 0.05) is 23.7 Å². The predicted octanol–water partition coefficient (Wildman–Crippen LogP) is 2.44. The molecule has 5 heteroatoms. The summed E-state index contributed by atoms with van der Waals surface area (Å²) in [6.07, 6.45) is 2.81. The fraction of sp³-hybridized carbons (Fsp3) is 0.250. The topological polar surface area (TPSA) is 67.6 Å². The van der Waals surface area contributed by atoms with Crippen molar-refractivity contribution < 1.29 is 9.53 Å². The Hall–Kier alpha value is -2.79. The van der Waals surface area contributed by atoms with Gasteiger partial charge in [0.25, 0.3) is 5.91 Å². The van der Waals surface area contributed by atoms with Gasteiger partial charge in [0.1, 0.15) is 18.5 Å². The first-order valence-electron chi connectivity index (χ1n) is 8.60. The Morgan fingerprint density at radius 3 is 2.96 bits per heavy atom. The first kappa shape index (κ1) is 14.5. The fourth-order valence-electron chi connectivity index (χ4n) is 4.03. The van der Waals surface area contributed by atoms with E-state index in [2.05, 4.69) is 16.3 Å². The maximum atomic E-state index is 12.7. The van der Waals surface area contributed by atoms with E-state index < -0.39 is 0 Å². The monoisotopic (exact) mass is 333 g/mol. The van der Waals surface area contributed by atoms with E-state index in [1.54, 1.807) is 0 Å². The zero-order valence-electron chi connectivity index (χ0n) is 13.7. The van der Waals surface area contributed by atoms with Gasteiger partial charge in [-0.25, -0.2) is 0 Å². The summed E-state index contributed by atoms with van der Waals surface area (Å²) in [5.41, 5.74) is 11.1. The zero-order chi connectivity index (χ0) is 17.0. The summed E-state index contributed by atoms with van der Waals surface area (Å²) >= 11 is 0. The van der Waals surface area contributed by atoms with Gasteiger partial charge in [-0.2, -0.15) is 0 Å². The molecule has 2 atom stereocenters. The van der Waals surface area contributed by atoms with Crippen LogP contribution in [0.3, 0.4) is 0 Å². The van der Waals surface area contributed by atoms with Crippen molar-refractivity contribution in [3.05, 3.63) is 64.7 Å². The molecule has 0 saturated carbocycles. The number of nitrogens with one attached hydrogen (secondary N) is 1. The van der Waals surface area contributed by atoms with Gasteiger partial charge in [-0.05, 0) is 30.2 Å². The van der Waals surface area contributed by atoms with E-state index in [1.807, 2.05) is 42.5 Å². The van der Waals surface area contributed by atoms with Gasteiger partial charge in [0.2, 0.25) is 0 Å². The largest absolute Gasteiger partial charge is 0.488 e. The lowest BCUT2D eigenvalue weighted by Crippen LogP contribution is -2.57. The number of benzene rings is 2. The Morgan fingerprint density at radius 1 is 1.16 bits per heavy atom. The number of hydrogen-bond donors (Lipinski definition) is 2. The van der Waals surface area contributed by atoms with E-state index in [-0.39, 0.29) is 18.1 Å². The summed E-state index contributed by atoms with van der Waals surface area (Å²) in [5, 5.41) is 3.15. The van der Waals surface area contributed by atoms with Gasteiger partial charge >= 0.3 is 0 Å². The van der Waals surface area contributed by atoms with Crippen LogP contribution >= 0.6 is 0 Å². The van der Waals surface area contributed by atoms with Crippen molar-refractivity contribution in [2.45, 2.75) is 18.6 Å². The second-order valence-electron chi connectivity index (χ2n) is 6.75. The van der Waals surface area contributed by atoms with E-state index in [0.717, 1.165) is 41.1 Å². The van der Waals surface area contributed by atoms with E-state index in [4.69, 9.17) is 10.5 Å². The minimum absolute atomic E-state index is 0.0185. The molecule has 126 valence electrons. The number of fused-ring (bicyclic) bond motifs is 1. The number of ether oxygens (including phenoxy) is 1. The van der Waals surface area contributed by atoms with Crippen molar-refractivity contribution in [3.8, 4) is 5.75 Å². The molecule has 25 heavy (non-hydrogen) atoms. The normalized spacial score (nSPS) is 23.8. The van der Waals surface area contributed by atoms with E-state index in [1.165, 1.54) is 0 Å². The Balaban J connectivity index is 1.61.